The highest BCUT2D eigenvalue weighted by molar-refractivity contribution is 7.89. The summed E-state index contributed by atoms with van der Waals surface area (Å²) in [4.78, 5) is 17.5. The largest absolute Gasteiger partial charge is 0.381 e. The van der Waals surface area contributed by atoms with Crippen LogP contribution < -0.4 is 10.5 Å². The Kier molecular flexibility index (Phi) is 4.00. The summed E-state index contributed by atoms with van der Waals surface area (Å²) >= 11 is 0. The van der Waals surface area contributed by atoms with Crippen LogP contribution in [0, 0.1) is 0 Å². The van der Waals surface area contributed by atoms with Crippen LogP contribution in [0.2, 0.25) is 0 Å². The van der Waals surface area contributed by atoms with Crippen LogP contribution in [0.4, 0.5) is 5.82 Å². The molecule has 0 bridgehead atoms. The second-order valence-electron chi connectivity index (χ2n) is 4.92. The predicted molar refractivity (Wildman–Crippen MR) is 73.2 cm³/mol. The van der Waals surface area contributed by atoms with Gasteiger partial charge in [0, 0.05) is 20.1 Å². The lowest BCUT2D eigenvalue weighted by atomic mass is 10.3. The van der Waals surface area contributed by atoms with Gasteiger partial charge in [-0.1, -0.05) is 0 Å². The number of hydrogen-bond acceptors (Lipinski definition) is 5. The molecule has 0 aromatic carbocycles. The second-order valence-corrected chi connectivity index (χ2v) is 6.55. The highest BCUT2D eigenvalue weighted by Crippen LogP contribution is 2.16. The van der Waals surface area contributed by atoms with Crippen molar-refractivity contribution in [2.24, 2.45) is 7.05 Å². The van der Waals surface area contributed by atoms with Gasteiger partial charge in [0.1, 0.15) is 0 Å². The lowest BCUT2D eigenvalue weighted by molar-refractivity contribution is -0.131. The molecule has 1 fully saturated rings. The van der Waals surface area contributed by atoms with E-state index in [2.05, 4.69) is 9.71 Å². The first-order chi connectivity index (χ1) is 9.33. The van der Waals surface area contributed by atoms with Crippen LogP contribution in [-0.4, -0.2) is 47.9 Å². The molecule has 1 atom stereocenters. The quantitative estimate of drug-likeness (QED) is 0.763. The minimum absolute atomic E-state index is 0.0826. The average molecular weight is 301 g/mol. The third-order valence-corrected chi connectivity index (χ3v) is 4.95. The molecule has 3 N–H and O–H groups in total. The number of nitrogens with one attached hydrogen (secondary N) is 1. The number of sulfonamides is 1. The summed E-state index contributed by atoms with van der Waals surface area (Å²) < 4.78 is 28.2. The molecule has 1 aromatic heterocycles. The first kappa shape index (κ1) is 14.8. The van der Waals surface area contributed by atoms with E-state index >= 15 is 0 Å². The zero-order chi connectivity index (χ0) is 14.9. The van der Waals surface area contributed by atoms with Gasteiger partial charge in [-0.25, -0.2) is 13.4 Å². The van der Waals surface area contributed by atoms with Crippen molar-refractivity contribution in [1.82, 2.24) is 19.2 Å². The number of anilines is 1. The number of nitrogens with two attached hydrogens (primary N) is 1. The van der Waals surface area contributed by atoms with Gasteiger partial charge in [0.25, 0.3) is 10.0 Å². The maximum atomic E-state index is 12.2. The van der Waals surface area contributed by atoms with E-state index in [1.807, 2.05) is 0 Å². The van der Waals surface area contributed by atoms with Gasteiger partial charge >= 0.3 is 0 Å². The van der Waals surface area contributed by atoms with Crippen LogP contribution in [0.5, 0.6) is 0 Å². The molecule has 2 heterocycles. The number of imidazole rings is 1. The molecule has 0 radical (unpaired) electrons. The summed E-state index contributed by atoms with van der Waals surface area (Å²) in [6.07, 6.45) is 3.23. The van der Waals surface area contributed by atoms with Crippen LogP contribution in [0.3, 0.4) is 0 Å². The smallest absolute Gasteiger partial charge is 0.260 e. The Morgan fingerprint density at radius 1 is 1.45 bits per heavy atom. The first-order valence-electron chi connectivity index (χ1n) is 6.41. The first-order valence-corrected chi connectivity index (χ1v) is 7.89. The topological polar surface area (TPSA) is 110 Å². The normalized spacial score (nSPS) is 17.4. The zero-order valence-electron chi connectivity index (χ0n) is 11.5. The molecule has 1 aromatic rings. The molecule has 9 heteroatoms. The van der Waals surface area contributed by atoms with Crippen LogP contribution >= 0.6 is 0 Å². The van der Waals surface area contributed by atoms with E-state index in [1.165, 1.54) is 24.9 Å². The van der Waals surface area contributed by atoms with E-state index in [0.29, 0.717) is 13.1 Å². The number of carbonyl (C=O) groups is 1. The number of hydrogen-bond donors (Lipinski definition) is 2. The van der Waals surface area contributed by atoms with Crippen molar-refractivity contribution >= 4 is 21.7 Å². The number of aryl methyl sites for hydroxylation is 1. The average Bonchev–Trinajstić information content (AvgIpc) is 2.97. The summed E-state index contributed by atoms with van der Waals surface area (Å²) in [6, 6.07) is -0.826. The molecule has 0 saturated carbocycles. The monoisotopic (exact) mass is 301 g/mol. The summed E-state index contributed by atoms with van der Waals surface area (Å²) in [6.45, 7) is 2.89. The van der Waals surface area contributed by atoms with Crippen molar-refractivity contribution in [3.63, 3.8) is 0 Å². The molecule has 1 unspecified atom stereocenters. The van der Waals surface area contributed by atoms with Crippen molar-refractivity contribution in [2.45, 2.75) is 30.8 Å². The van der Waals surface area contributed by atoms with Crippen molar-refractivity contribution in [3.05, 3.63) is 6.33 Å². The highest BCUT2D eigenvalue weighted by Gasteiger charge is 2.30. The molecule has 2 rings (SSSR count). The van der Waals surface area contributed by atoms with Crippen LogP contribution in [0.15, 0.2) is 11.4 Å². The van der Waals surface area contributed by atoms with Gasteiger partial charge in [-0.2, -0.15) is 4.72 Å². The van der Waals surface area contributed by atoms with E-state index in [4.69, 9.17) is 5.73 Å². The Morgan fingerprint density at radius 2 is 2.05 bits per heavy atom. The number of likely N-dealkylation sites (tertiary alicyclic amines) is 1. The van der Waals surface area contributed by atoms with Gasteiger partial charge in [-0.05, 0) is 19.8 Å². The van der Waals surface area contributed by atoms with Gasteiger partial charge in [-0.15, -0.1) is 0 Å². The fraction of sp³-hybridized carbons (Fsp3) is 0.636. The van der Waals surface area contributed by atoms with Gasteiger partial charge in [-0.3, -0.25) is 4.79 Å². The van der Waals surface area contributed by atoms with E-state index < -0.39 is 16.1 Å². The van der Waals surface area contributed by atoms with Crippen LogP contribution in [0.1, 0.15) is 19.8 Å². The van der Waals surface area contributed by atoms with E-state index in [9.17, 15) is 13.2 Å². The summed E-state index contributed by atoms with van der Waals surface area (Å²) in [5.74, 6) is -0.298. The molecular weight excluding hydrogens is 282 g/mol. The van der Waals surface area contributed by atoms with Gasteiger partial charge in [0.2, 0.25) is 5.91 Å². The number of nitrogen functional groups attached to an aromatic ring is 1. The van der Waals surface area contributed by atoms with E-state index in [1.54, 1.807) is 4.90 Å². The fourth-order valence-electron chi connectivity index (χ4n) is 2.31. The lowest BCUT2D eigenvalue weighted by Gasteiger charge is -2.21. The SMILES string of the molecule is CC(NS(=O)(=O)c1c(N)ncn1C)C(=O)N1CCCC1. The number of carbonyl (C=O) groups excluding carboxylic acids is 1. The summed E-state index contributed by atoms with van der Waals surface area (Å²) in [7, 11) is -2.34. The molecule has 0 spiro atoms. The maximum absolute atomic E-state index is 12.2. The minimum atomic E-state index is -3.87. The lowest BCUT2D eigenvalue weighted by Crippen LogP contribution is -2.46. The Bertz CT molecular complexity index is 584. The van der Waals surface area contributed by atoms with E-state index in [-0.39, 0.29) is 16.8 Å². The van der Waals surface area contributed by atoms with Crippen LogP contribution in [-0.2, 0) is 21.9 Å². The van der Waals surface area contributed by atoms with E-state index in [0.717, 1.165) is 12.8 Å². The Hall–Kier alpha value is -1.61. The number of amides is 1. The molecule has 8 nitrogen and oxygen atoms in total. The number of rotatable bonds is 4. The molecule has 1 aliphatic rings. The third kappa shape index (κ3) is 2.78. The molecule has 1 aliphatic heterocycles. The maximum Gasteiger partial charge on any atom is 0.260 e. The highest BCUT2D eigenvalue weighted by atomic mass is 32.2. The molecule has 0 aliphatic carbocycles. The number of nitrogens with zero attached hydrogens (tertiary/aromatic N) is 3. The fourth-order valence-corrected chi connectivity index (χ4v) is 3.75. The standard InChI is InChI=1S/C11H19N5O3S/c1-8(10(17)16-5-3-4-6-16)14-20(18,19)11-9(12)13-7-15(11)2/h7-8,14H,3-6,12H2,1-2H3. The molecule has 1 amide bonds. The van der Waals surface area contributed by atoms with Crippen molar-refractivity contribution in [3.8, 4) is 0 Å². The second kappa shape index (κ2) is 5.41. The minimum Gasteiger partial charge on any atom is -0.381 e. The zero-order valence-corrected chi connectivity index (χ0v) is 12.4. The van der Waals surface area contributed by atoms with Crippen molar-refractivity contribution in [2.75, 3.05) is 18.8 Å². The van der Waals surface area contributed by atoms with Crippen molar-refractivity contribution in [1.29, 1.82) is 0 Å². The predicted octanol–water partition coefficient (Wildman–Crippen LogP) is -0.708. The Labute approximate surface area is 118 Å². The molecule has 1 saturated heterocycles. The molecule has 112 valence electrons. The molecular formula is C11H19N5O3S. The third-order valence-electron chi connectivity index (χ3n) is 3.28. The van der Waals surface area contributed by atoms with Gasteiger partial charge in [0.15, 0.2) is 10.8 Å². The van der Waals surface area contributed by atoms with Gasteiger partial charge < -0.3 is 15.2 Å². The van der Waals surface area contributed by atoms with Crippen molar-refractivity contribution < 1.29 is 13.2 Å². The van der Waals surface area contributed by atoms with Gasteiger partial charge in [0.05, 0.1) is 12.4 Å². The summed E-state index contributed by atoms with van der Waals surface area (Å²) in [5, 5.41) is -0.126. The summed E-state index contributed by atoms with van der Waals surface area (Å²) in [5.41, 5.74) is 5.56. The Balaban J connectivity index is 2.14. The number of aromatic nitrogens is 2. The Morgan fingerprint density at radius 3 is 2.55 bits per heavy atom. The molecule has 20 heavy (non-hydrogen) atoms. The van der Waals surface area contributed by atoms with Crippen LogP contribution in [0.25, 0.3) is 0 Å².